The number of ether oxygens (including phenoxy) is 1. The van der Waals surface area contributed by atoms with Crippen molar-refractivity contribution >= 4 is 33.5 Å². The first kappa shape index (κ1) is 18.2. The van der Waals surface area contributed by atoms with Gasteiger partial charge in [0.05, 0.1) is 17.3 Å². The van der Waals surface area contributed by atoms with Crippen molar-refractivity contribution in [1.82, 2.24) is 15.3 Å². The zero-order valence-corrected chi connectivity index (χ0v) is 15.4. The van der Waals surface area contributed by atoms with E-state index in [1.165, 1.54) is 5.56 Å². The van der Waals surface area contributed by atoms with E-state index >= 15 is 0 Å². The van der Waals surface area contributed by atoms with E-state index in [9.17, 15) is 4.79 Å². The second-order valence-corrected chi connectivity index (χ2v) is 5.98. The van der Waals surface area contributed by atoms with Crippen molar-refractivity contribution in [3.05, 3.63) is 40.5 Å². The van der Waals surface area contributed by atoms with Crippen molar-refractivity contribution in [2.24, 2.45) is 0 Å². The van der Waals surface area contributed by atoms with E-state index in [0.29, 0.717) is 24.9 Å². The van der Waals surface area contributed by atoms with Crippen LogP contribution in [0.2, 0.25) is 0 Å². The zero-order chi connectivity index (χ0) is 17.4. The Morgan fingerprint density at radius 2 is 2.04 bits per heavy atom. The highest BCUT2D eigenvalue weighted by Gasteiger charge is 2.06. The van der Waals surface area contributed by atoms with Gasteiger partial charge in [-0.05, 0) is 53.4 Å². The lowest BCUT2D eigenvalue weighted by Crippen LogP contribution is -2.17. The number of nitrogens with one attached hydrogen (secondary N) is 2. The van der Waals surface area contributed by atoms with E-state index in [1.54, 1.807) is 13.2 Å². The van der Waals surface area contributed by atoms with E-state index in [2.05, 4.69) is 36.5 Å². The SMILES string of the molecule is CCOc1nc(Nc2ccc(CCCC(=O)NC)cc2)ncc1Br. The van der Waals surface area contributed by atoms with Gasteiger partial charge in [0.25, 0.3) is 0 Å². The highest BCUT2D eigenvalue weighted by atomic mass is 79.9. The molecule has 0 aliphatic rings. The number of nitrogens with zero attached hydrogens (tertiary/aromatic N) is 2. The molecule has 1 heterocycles. The van der Waals surface area contributed by atoms with Crippen LogP contribution in [0.1, 0.15) is 25.3 Å². The topological polar surface area (TPSA) is 76.1 Å². The molecule has 7 heteroatoms. The standard InChI is InChI=1S/C17H21BrN4O2/c1-3-24-16-14(18)11-20-17(22-16)21-13-9-7-12(8-10-13)5-4-6-15(23)19-2/h7-11H,3-6H2,1-2H3,(H,19,23)(H,20,21,22). The maximum atomic E-state index is 11.2. The van der Waals surface area contributed by atoms with Crippen LogP contribution < -0.4 is 15.4 Å². The molecule has 0 saturated heterocycles. The van der Waals surface area contributed by atoms with Crippen LogP contribution in [-0.2, 0) is 11.2 Å². The summed E-state index contributed by atoms with van der Waals surface area (Å²) in [5.41, 5.74) is 2.09. The van der Waals surface area contributed by atoms with Gasteiger partial charge >= 0.3 is 0 Å². The minimum absolute atomic E-state index is 0.0748. The fourth-order valence-corrected chi connectivity index (χ4v) is 2.42. The van der Waals surface area contributed by atoms with E-state index < -0.39 is 0 Å². The van der Waals surface area contributed by atoms with Gasteiger partial charge in [-0.3, -0.25) is 4.79 Å². The van der Waals surface area contributed by atoms with Gasteiger partial charge in [0.15, 0.2) is 0 Å². The van der Waals surface area contributed by atoms with E-state index in [-0.39, 0.29) is 5.91 Å². The number of amides is 1. The zero-order valence-electron chi connectivity index (χ0n) is 13.8. The van der Waals surface area contributed by atoms with Crippen LogP contribution in [0.3, 0.4) is 0 Å². The summed E-state index contributed by atoms with van der Waals surface area (Å²) in [4.78, 5) is 19.8. The Morgan fingerprint density at radius 1 is 1.29 bits per heavy atom. The Labute approximate surface area is 150 Å². The Bertz CT molecular complexity index is 677. The molecule has 24 heavy (non-hydrogen) atoms. The number of hydrogen-bond donors (Lipinski definition) is 2. The summed E-state index contributed by atoms with van der Waals surface area (Å²) in [6.07, 6.45) is 3.91. The number of aromatic nitrogens is 2. The summed E-state index contributed by atoms with van der Waals surface area (Å²) in [5.74, 6) is 1.07. The van der Waals surface area contributed by atoms with Crippen molar-refractivity contribution in [2.45, 2.75) is 26.2 Å². The summed E-state index contributed by atoms with van der Waals surface area (Å²) in [5, 5.41) is 5.78. The molecule has 6 nitrogen and oxygen atoms in total. The fraction of sp³-hybridized carbons (Fsp3) is 0.353. The lowest BCUT2D eigenvalue weighted by atomic mass is 10.1. The molecule has 0 bridgehead atoms. The summed E-state index contributed by atoms with van der Waals surface area (Å²) in [7, 11) is 1.66. The van der Waals surface area contributed by atoms with E-state index in [0.717, 1.165) is 23.0 Å². The summed E-state index contributed by atoms with van der Waals surface area (Å²) < 4.78 is 6.16. The van der Waals surface area contributed by atoms with Crippen molar-refractivity contribution in [3.63, 3.8) is 0 Å². The van der Waals surface area contributed by atoms with Crippen molar-refractivity contribution < 1.29 is 9.53 Å². The van der Waals surface area contributed by atoms with Crippen LogP contribution in [0, 0.1) is 0 Å². The normalized spacial score (nSPS) is 10.3. The molecule has 1 amide bonds. The molecule has 0 saturated carbocycles. The minimum atomic E-state index is 0.0748. The number of benzene rings is 1. The van der Waals surface area contributed by atoms with Gasteiger partial charge in [-0.1, -0.05) is 12.1 Å². The van der Waals surface area contributed by atoms with Crippen LogP contribution >= 0.6 is 15.9 Å². The molecule has 2 aromatic rings. The number of aryl methyl sites for hydroxylation is 1. The number of rotatable bonds is 8. The monoisotopic (exact) mass is 392 g/mol. The predicted octanol–water partition coefficient (Wildman–Crippen LogP) is 3.45. The lowest BCUT2D eigenvalue weighted by molar-refractivity contribution is -0.120. The van der Waals surface area contributed by atoms with Gasteiger partial charge in [-0.2, -0.15) is 4.98 Å². The van der Waals surface area contributed by atoms with E-state index in [4.69, 9.17) is 4.74 Å². The summed E-state index contributed by atoms with van der Waals surface area (Å²) in [6.45, 7) is 2.45. The molecule has 1 aromatic heterocycles. The molecule has 2 rings (SSSR count). The van der Waals surface area contributed by atoms with Gasteiger partial charge in [-0.25, -0.2) is 4.98 Å². The fourth-order valence-electron chi connectivity index (χ4n) is 2.11. The maximum Gasteiger partial charge on any atom is 0.232 e. The Balaban J connectivity index is 1.94. The number of carbonyl (C=O) groups excluding carboxylic acids is 1. The average molecular weight is 393 g/mol. The largest absolute Gasteiger partial charge is 0.477 e. The highest BCUT2D eigenvalue weighted by Crippen LogP contribution is 2.24. The first-order valence-corrected chi connectivity index (χ1v) is 8.63. The smallest absolute Gasteiger partial charge is 0.232 e. The molecule has 2 N–H and O–H groups in total. The molecule has 1 aromatic carbocycles. The first-order chi connectivity index (χ1) is 11.6. The number of anilines is 2. The van der Waals surface area contributed by atoms with Crippen LogP contribution in [-0.4, -0.2) is 29.5 Å². The minimum Gasteiger partial charge on any atom is -0.477 e. The third-order valence-corrected chi connectivity index (χ3v) is 3.90. The van der Waals surface area contributed by atoms with E-state index in [1.807, 2.05) is 31.2 Å². The van der Waals surface area contributed by atoms with Crippen LogP contribution in [0.4, 0.5) is 11.6 Å². The Kier molecular flexibility index (Phi) is 6.99. The molecule has 0 aliphatic heterocycles. The van der Waals surface area contributed by atoms with Gasteiger partial charge in [0.1, 0.15) is 0 Å². The molecule has 0 unspecified atom stereocenters. The molecule has 0 aliphatic carbocycles. The van der Waals surface area contributed by atoms with Crippen molar-refractivity contribution in [3.8, 4) is 5.88 Å². The van der Waals surface area contributed by atoms with Crippen molar-refractivity contribution in [1.29, 1.82) is 0 Å². The van der Waals surface area contributed by atoms with Gasteiger partial charge < -0.3 is 15.4 Å². The lowest BCUT2D eigenvalue weighted by Gasteiger charge is -2.09. The van der Waals surface area contributed by atoms with Gasteiger partial charge in [0.2, 0.25) is 17.7 Å². The maximum absolute atomic E-state index is 11.2. The van der Waals surface area contributed by atoms with Crippen LogP contribution in [0.25, 0.3) is 0 Å². The second kappa shape index (κ2) is 9.22. The molecular weight excluding hydrogens is 372 g/mol. The number of carbonyl (C=O) groups is 1. The van der Waals surface area contributed by atoms with Crippen molar-refractivity contribution in [2.75, 3.05) is 19.0 Å². The highest BCUT2D eigenvalue weighted by molar-refractivity contribution is 9.10. The quantitative estimate of drug-likeness (QED) is 0.719. The Morgan fingerprint density at radius 3 is 2.71 bits per heavy atom. The molecule has 0 atom stereocenters. The summed E-state index contributed by atoms with van der Waals surface area (Å²) >= 11 is 3.36. The molecule has 0 radical (unpaired) electrons. The average Bonchev–Trinajstić information content (AvgIpc) is 2.59. The number of hydrogen-bond acceptors (Lipinski definition) is 5. The van der Waals surface area contributed by atoms with Crippen LogP contribution in [0.15, 0.2) is 34.9 Å². The molecular formula is C17H21BrN4O2. The Hall–Kier alpha value is -2.15. The first-order valence-electron chi connectivity index (χ1n) is 7.84. The number of halogens is 1. The second-order valence-electron chi connectivity index (χ2n) is 5.13. The predicted molar refractivity (Wildman–Crippen MR) is 97.6 cm³/mol. The third-order valence-electron chi connectivity index (χ3n) is 3.35. The molecule has 128 valence electrons. The summed E-state index contributed by atoms with van der Waals surface area (Å²) in [6, 6.07) is 8.02. The van der Waals surface area contributed by atoms with Crippen LogP contribution in [0.5, 0.6) is 5.88 Å². The molecule has 0 spiro atoms. The van der Waals surface area contributed by atoms with Gasteiger partial charge in [-0.15, -0.1) is 0 Å². The molecule has 0 fully saturated rings. The van der Waals surface area contributed by atoms with Gasteiger partial charge in [0, 0.05) is 19.2 Å². The third kappa shape index (κ3) is 5.49.